The van der Waals surface area contributed by atoms with Gasteiger partial charge < -0.3 is 15.4 Å². The minimum Gasteiger partial charge on any atom is -0.464 e. The number of nitrogens with one attached hydrogen (secondary N) is 2. The summed E-state index contributed by atoms with van der Waals surface area (Å²) in [5, 5.41) is 5.44. The van der Waals surface area contributed by atoms with E-state index in [1.807, 2.05) is 0 Å². The number of hydrogen-bond acceptors (Lipinski definition) is 5. The number of esters is 1. The lowest BCUT2D eigenvalue weighted by Crippen LogP contribution is -2.28. The van der Waals surface area contributed by atoms with Crippen molar-refractivity contribution in [1.29, 1.82) is 0 Å². The Morgan fingerprint density at radius 1 is 1.50 bits per heavy atom. The number of carbonyl (C=O) groups excluding carboxylic acids is 2. The van der Waals surface area contributed by atoms with Crippen molar-refractivity contribution in [2.45, 2.75) is 19.9 Å². The molecular weight excluding hydrogens is 234 g/mol. The van der Waals surface area contributed by atoms with Crippen LogP contribution in [-0.2, 0) is 9.53 Å². The summed E-state index contributed by atoms with van der Waals surface area (Å²) >= 11 is 0. The van der Waals surface area contributed by atoms with Crippen LogP contribution in [0.15, 0.2) is 18.3 Å². The van der Waals surface area contributed by atoms with Gasteiger partial charge in [0, 0.05) is 18.9 Å². The molecule has 1 amide bonds. The van der Waals surface area contributed by atoms with Crippen LogP contribution >= 0.6 is 0 Å². The SMILES string of the molecule is CCOC(=O)C(C)Nc1ccnc(C(=O)NC)c1. The number of hydrogen-bond donors (Lipinski definition) is 2. The minimum absolute atomic E-state index is 0.276. The second-order valence-corrected chi connectivity index (χ2v) is 3.63. The van der Waals surface area contributed by atoms with Gasteiger partial charge in [-0.3, -0.25) is 9.78 Å². The summed E-state index contributed by atoms with van der Waals surface area (Å²) in [7, 11) is 1.53. The molecule has 6 nitrogen and oxygen atoms in total. The van der Waals surface area contributed by atoms with Gasteiger partial charge in [-0.1, -0.05) is 0 Å². The fraction of sp³-hybridized carbons (Fsp3) is 0.417. The van der Waals surface area contributed by atoms with E-state index in [1.54, 1.807) is 26.0 Å². The maximum atomic E-state index is 11.4. The first-order valence-corrected chi connectivity index (χ1v) is 5.69. The van der Waals surface area contributed by atoms with Crippen LogP contribution in [0.1, 0.15) is 24.3 Å². The third-order valence-electron chi connectivity index (χ3n) is 2.24. The van der Waals surface area contributed by atoms with Crippen LogP contribution in [0.5, 0.6) is 0 Å². The largest absolute Gasteiger partial charge is 0.464 e. The first-order valence-electron chi connectivity index (χ1n) is 5.69. The van der Waals surface area contributed by atoms with E-state index in [9.17, 15) is 9.59 Å². The Balaban J connectivity index is 2.73. The van der Waals surface area contributed by atoms with E-state index >= 15 is 0 Å². The van der Waals surface area contributed by atoms with Gasteiger partial charge in [-0.2, -0.15) is 0 Å². The molecule has 0 aromatic carbocycles. The molecule has 0 aliphatic rings. The topological polar surface area (TPSA) is 80.3 Å². The number of anilines is 1. The van der Waals surface area contributed by atoms with Crippen LogP contribution in [0.4, 0.5) is 5.69 Å². The number of rotatable bonds is 5. The lowest BCUT2D eigenvalue weighted by Gasteiger charge is -2.14. The zero-order valence-electron chi connectivity index (χ0n) is 10.7. The molecular formula is C12H17N3O3. The Hall–Kier alpha value is -2.11. The Morgan fingerprint density at radius 3 is 2.83 bits per heavy atom. The molecule has 2 N–H and O–H groups in total. The number of amides is 1. The molecule has 6 heteroatoms. The molecule has 1 aromatic rings. The second-order valence-electron chi connectivity index (χ2n) is 3.63. The van der Waals surface area contributed by atoms with Crippen LogP contribution < -0.4 is 10.6 Å². The Morgan fingerprint density at radius 2 is 2.22 bits per heavy atom. The predicted molar refractivity (Wildman–Crippen MR) is 67.3 cm³/mol. The summed E-state index contributed by atoms with van der Waals surface area (Å²) in [4.78, 5) is 26.8. The first kappa shape index (κ1) is 14.0. The standard InChI is InChI=1S/C12H17N3O3/c1-4-18-12(17)8(2)15-9-5-6-14-10(7-9)11(16)13-3/h5-8H,4H2,1-3H3,(H,13,16)(H,14,15). The van der Waals surface area contributed by atoms with Crippen molar-refractivity contribution >= 4 is 17.6 Å². The third-order valence-corrected chi connectivity index (χ3v) is 2.24. The summed E-state index contributed by atoms with van der Waals surface area (Å²) in [5.41, 5.74) is 0.933. The van der Waals surface area contributed by atoms with E-state index in [4.69, 9.17) is 4.74 Å². The lowest BCUT2D eigenvalue weighted by atomic mass is 10.2. The van der Waals surface area contributed by atoms with E-state index in [-0.39, 0.29) is 11.9 Å². The smallest absolute Gasteiger partial charge is 0.328 e. The third kappa shape index (κ3) is 3.73. The zero-order valence-corrected chi connectivity index (χ0v) is 10.7. The number of carbonyl (C=O) groups is 2. The van der Waals surface area contributed by atoms with Crippen molar-refractivity contribution < 1.29 is 14.3 Å². The van der Waals surface area contributed by atoms with Crippen LogP contribution in [0.3, 0.4) is 0 Å². The summed E-state index contributed by atoms with van der Waals surface area (Å²) in [6.07, 6.45) is 1.50. The molecule has 1 aromatic heterocycles. The summed E-state index contributed by atoms with van der Waals surface area (Å²) in [6.45, 7) is 3.78. The van der Waals surface area contributed by atoms with E-state index in [0.717, 1.165) is 0 Å². The molecule has 0 bridgehead atoms. The van der Waals surface area contributed by atoms with Gasteiger partial charge in [-0.05, 0) is 26.0 Å². The van der Waals surface area contributed by atoms with E-state index < -0.39 is 6.04 Å². The molecule has 1 unspecified atom stereocenters. The van der Waals surface area contributed by atoms with E-state index in [2.05, 4.69) is 15.6 Å². The molecule has 1 heterocycles. The van der Waals surface area contributed by atoms with Crippen LogP contribution in [-0.4, -0.2) is 36.6 Å². The molecule has 0 saturated carbocycles. The summed E-state index contributed by atoms with van der Waals surface area (Å²) in [5.74, 6) is -0.613. The highest BCUT2D eigenvalue weighted by atomic mass is 16.5. The highest BCUT2D eigenvalue weighted by Crippen LogP contribution is 2.10. The molecule has 0 saturated heterocycles. The van der Waals surface area contributed by atoms with Crippen molar-refractivity contribution in [2.24, 2.45) is 0 Å². The number of nitrogens with zero attached hydrogens (tertiary/aromatic N) is 1. The van der Waals surface area contributed by atoms with Gasteiger partial charge in [-0.25, -0.2) is 4.79 Å². The Bertz CT molecular complexity index is 434. The zero-order chi connectivity index (χ0) is 13.5. The van der Waals surface area contributed by atoms with E-state index in [1.165, 1.54) is 13.2 Å². The van der Waals surface area contributed by atoms with Gasteiger partial charge in [0.25, 0.3) is 5.91 Å². The average molecular weight is 251 g/mol. The second kappa shape index (κ2) is 6.58. The fourth-order valence-electron chi connectivity index (χ4n) is 1.35. The van der Waals surface area contributed by atoms with Crippen molar-refractivity contribution in [3.8, 4) is 0 Å². The fourth-order valence-corrected chi connectivity index (χ4v) is 1.35. The lowest BCUT2D eigenvalue weighted by molar-refractivity contribution is -0.143. The average Bonchev–Trinajstić information content (AvgIpc) is 2.38. The number of ether oxygens (including phenoxy) is 1. The van der Waals surface area contributed by atoms with Gasteiger partial charge in [0.05, 0.1) is 6.61 Å². The van der Waals surface area contributed by atoms with Crippen LogP contribution in [0.25, 0.3) is 0 Å². The van der Waals surface area contributed by atoms with Crippen LogP contribution in [0, 0.1) is 0 Å². The van der Waals surface area contributed by atoms with Crippen molar-refractivity contribution in [3.63, 3.8) is 0 Å². The molecule has 0 aliphatic heterocycles. The van der Waals surface area contributed by atoms with Crippen molar-refractivity contribution in [3.05, 3.63) is 24.0 Å². The molecule has 1 atom stereocenters. The van der Waals surface area contributed by atoms with Gasteiger partial charge >= 0.3 is 5.97 Å². The molecule has 98 valence electrons. The van der Waals surface area contributed by atoms with Crippen molar-refractivity contribution in [2.75, 3.05) is 19.0 Å². The van der Waals surface area contributed by atoms with Gasteiger partial charge in [-0.15, -0.1) is 0 Å². The van der Waals surface area contributed by atoms with Gasteiger partial charge in [0.2, 0.25) is 0 Å². The molecule has 0 aliphatic carbocycles. The Labute approximate surface area is 106 Å². The normalized spacial score (nSPS) is 11.5. The van der Waals surface area contributed by atoms with Gasteiger partial charge in [0.15, 0.2) is 0 Å². The van der Waals surface area contributed by atoms with Gasteiger partial charge in [0.1, 0.15) is 11.7 Å². The number of aromatic nitrogens is 1. The maximum Gasteiger partial charge on any atom is 0.328 e. The molecule has 18 heavy (non-hydrogen) atoms. The first-order chi connectivity index (χ1) is 8.58. The van der Waals surface area contributed by atoms with Crippen LogP contribution in [0.2, 0.25) is 0 Å². The predicted octanol–water partition coefficient (Wildman–Crippen LogP) is 0.805. The monoisotopic (exact) mass is 251 g/mol. The summed E-state index contributed by atoms with van der Waals surface area (Å²) < 4.78 is 4.88. The highest BCUT2D eigenvalue weighted by Gasteiger charge is 2.14. The van der Waals surface area contributed by atoms with Crippen molar-refractivity contribution in [1.82, 2.24) is 10.3 Å². The van der Waals surface area contributed by atoms with E-state index in [0.29, 0.717) is 18.0 Å². The molecule has 1 rings (SSSR count). The Kier molecular flexibility index (Phi) is 5.10. The summed E-state index contributed by atoms with van der Waals surface area (Å²) in [6, 6.07) is 2.78. The quantitative estimate of drug-likeness (QED) is 0.757. The minimum atomic E-state index is -0.482. The molecule has 0 radical (unpaired) electrons. The molecule has 0 spiro atoms. The highest BCUT2D eigenvalue weighted by molar-refractivity contribution is 5.93. The maximum absolute atomic E-state index is 11.4. The molecule has 0 fully saturated rings. The number of pyridine rings is 1.